The molecule has 3 aromatic heterocycles. The Morgan fingerprint density at radius 1 is 1.00 bits per heavy atom. The Kier molecular flexibility index (Phi) is 5.56. The third kappa shape index (κ3) is 4.26. The van der Waals surface area contributed by atoms with Gasteiger partial charge in [0.1, 0.15) is 5.82 Å². The highest BCUT2D eigenvalue weighted by Gasteiger charge is 2.20. The van der Waals surface area contributed by atoms with Gasteiger partial charge >= 0.3 is 0 Å². The fourth-order valence-electron chi connectivity index (χ4n) is 3.40. The van der Waals surface area contributed by atoms with Crippen LogP contribution in [0.3, 0.4) is 0 Å². The molecule has 2 amide bonds. The Bertz CT molecular complexity index is 1500. The first-order valence-electron chi connectivity index (χ1n) is 10.1. The minimum Gasteiger partial charge on any atom is -0.335 e. The summed E-state index contributed by atoms with van der Waals surface area (Å²) >= 11 is 1.32. The van der Waals surface area contributed by atoms with Gasteiger partial charge < -0.3 is 9.84 Å². The van der Waals surface area contributed by atoms with Crippen LogP contribution >= 0.6 is 11.3 Å². The molecule has 0 spiro atoms. The highest BCUT2D eigenvalue weighted by molar-refractivity contribution is 7.13. The summed E-state index contributed by atoms with van der Waals surface area (Å²) in [6, 6.07) is 13.9. The smallest absolute Gasteiger partial charge is 0.259 e. The predicted octanol–water partition coefficient (Wildman–Crippen LogP) is 5.30. The van der Waals surface area contributed by atoms with E-state index in [2.05, 4.69) is 25.8 Å². The molecule has 8 nitrogen and oxygen atoms in total. The molecule has 0 atom stereocenters. The number of aromatic nitrogens is 3. The van der Waals surface area contributed by atoms with Crippen LogP contribution in [0.1, 0.15) is 26.4 Å². The maximum absolute atomic E-state index is 13.3. The number of hydrogen-bond acceptors (Lipinski definition) is 7. The van der Waals surface area contributed by atoms with E-state index < -0.39 is 5.91 Å². The number of benzene rings is 2. The maximum atomic E-state index is 13.3. The number of nitrogens with one attached hydrogen (secondary N) is 2. The molecular weight excluding hydrogens is 457 g/mol. The Balaban J connectivity index is 1.41. The van der Waals surface area contributed by atoms with Crippen molar-refractivity contribution >= 4 is 45.1 Å². The zero-order valence-corrected chi connectivity index (χ0v) is 18.5. The van der Waals surface area contributed by atoms with E-state index in [4.69, 9.17) is 4.52 Å². The lowest BCUT2D eigenvalue weighted by Crippen LogP contribution is -2.14. The zero-order valence-electron chi connectivity index (χ0n) is 17.7. The number of thiazole rings is 1. The number of pyridine rings is 1. The molecule has 0 radical (unpaired) electrons. The van der Waals surface area contributed by atoms with Gasteiger partial charge in [-0.1, -0.05) is 5.16 Å². The van der Waals surface area contributed by atoms with Crippen LogP contribution in [0.2, 0.25) is 0 Å². The maximum Gasteiger partial charge on any atom is 0.259 e. The van der Waals surface area contributed by atoms with Crippen molar-refractivity contribution in [2.24, 2.45) is 0 Å². The molecular formula is C24H16FN5O3S. The van der Waals surface area contributed by atoms with Crippen molar-refractivity contribution in [1.29, 1.82) is 0 Å². The van der Waals surface area contributed by atoms with Crippen LogP contribution in [0, 0.1) is 12.7 Å². The molecule has 0 aliphatic rings. The van der Waals surface area contributed by atoms with Crippen LogP contribution in [0.15, 0.2) is 70.7 Å². The van der Waals surface area contributed by atoms with Crippen LogP contribution in [-0.2, 0) is 0 Å². The van der Waals surface area contributed by atoms with Crippen molar-refractivity contribution < 1.29 is 18.5 Å². The second-order valence-electron chi connectivity index (χ2n) is 7.33. The van der Waals surface area contributed by atoms with Crippen LogP contribution < -0.4 is 10.6 Å². The number of hydrogen-bond donors (Lipinski definition) is 2. The Morgan fingerprint density at radius 2 is 1.76 bits per heavy atom. The standard InChI is InChI=1S/C24H16FN5O3S/c1-13-20-18(12-19(28-23(20)33-30-13)14-2-6-16(25)7-3-14)22(32)27-17-8-4-15(5-9-17)21(31)29-24-26-10-11-34-24/h2-12H,1H3,(H,27,32)(H,26,29,31). The van der Waals surface area contributed by atoms with Crippen LogP contribution in [0.4, 0.5) is 15.2 Å². The predicted molar refractivity (Wildman–Crippen MR) is 126 cm³/mol. The average Bonchev–Trinajstić information content (AvgIpc) is 3.49. The van der Waals surface area contributed by atoms with Gasteiger partial charge in [-0.3, -0.25) is 14.9 Å². The van der Waals surface area contributed by atoms with Crippen molar-refractivity contribution in [2.75, 3.05) is 10.6 Å². The lowest BCUT2D eigenvalue weighted by atomic mass is 10.0. The highest BCUT2D eigenvalue weighted by atomic mass is 32.1. The summed E-state index contributed by atoms with van der Waals surface area (Å²) in [4.78, 5) is 34.0. The molecule has 2 N–H and O–H groups in total. The number of fused-ring (bicyclic) bond motifs is 1. The van der Waals surface area contributed by atoms with Crippen LogP contribution in [0.5, 0.6) is 0 Å². The normalized spacial score (nSPS) is 10.9. The van der Waals surface area contributed by atoms with Gasteiger partial charge in [-0.25, -0.2) is 14.4 Å². The van der Waals surface area contributed by atoms with E-state index in [0.29, 0.717) is 44.3 Å². The van der Waals surface area contributed by atoms with Crippen molar-refractivity contribution in [2.45, 2.75) is 6.92 Å². The third-order valence-corrected chi connectivity index (χ3v) is 5.75. The van der Waals surface area contributed by atoms with Gasteiger partial charge in [-0.2, -0.15) is 0 Å². The molecule has 34 heavy (non-hydrogen) atoms. The summed E-state index contributed by atoms with van der Waals surface area (Å²) in [6.45, 7) is 1.72. The molecule has 0 saturated carbocycles. The number of anilines is 2. The molecule has 3 heterocycles. The Hall–Kier alpha value is -4.44. The van der Waals surface area contributed by atoms with Crippen molar-refractivity contribution in [3.8, 4) is 11.3 Å². The van der Waals surface area contributed by atoms with E-state index in [-0.39, 0.29) is 17.4 Å². The zero-order chi connectivity index (χ0) is 23.7. The minimum absolute atomic E-state index is 0.207. The van der Waals surface area contributed by atoms with E-state index in [1.807, 2.05) is 0 Å². The molecule has 0 aliphatic carbocycles. The second-order valence-corrected chi connectivity index (χ2v) is 8.23. The quantitative estimate of drug-likeness (QED) is 0.359. The van der Waals surface area contributed by atoms with Gasteiger partial charge in [-0.15, -0.1) is 11.3 Å². The first-order chi connectivity index (χ1) is 16.5. The third-order valence-electron chi connectivity index (χ3n) is 5.06. The van der Waals surface area contributed by atoms with E-state index in [9.17, 15) is 14.0 Å². The summed E-state index contributed by atoms with van der Waals surface area (Å²) in [5.74, 6) is -1.07. The van der Waals surface area contributed by atoms with Crippen LogP contribution in [0.25, 0.3) is 22.4 Å². The molecule has 0 bridgehead atoms. The van der Waals surface area contributed by atoms with Gasteiger partial charge in [0.2, 0.25) is 0 Å². The first-order valence-corrected chi connectivity index (χ1v) is 11.0. The molecule has 10 heteroatoms. The Morgan fingerprint density at radius 3 is 2.47 bits per heavy atom. The van der Waals surface area contributed by atoms with Gasteiger partial charge in [0.15, 0.2) is 5.13 Å². The fraction of sp³-hybridized carbons (Fsp3) is 0.0417. The van der Waals surface area contributed by atoms with Crippen molar-refractivity contribution in [1.82, 2.24) is 15.1 Å². The van der Waals surface area contributed by atoms with Crippen molar-refractivity contribution in [3.05, 3.63) is 88.8 Å². The van der Waals surface area contributed by atoms with E-state index in [1.54, 1.807) is 61.0 Å². The molecule has 0 saturated heterocycles. The molecule has 5 aromatic rings. The highest BCUT2D eigenvalue weighted by Crippen LogP contribution is 2.28. The summed E-state index contributed by atoms with van der Waals surface area (Å²) < 4.78 is 18.6. The fourth-order valence-corrected chi connectivity index (χ4v) is 3.92. The molecule has 0 unspecified atom stereocenters. The van der Waals surface area contributed by atoms with Gasteiger partial charge in [0.25, 0.3) is 17.5 Å². The summed E-state index contributed by atoms with van der Waals surface area (Å²) in [5, 5.41) is 12.2. The number of nitrogens with zero attached hydrogens (tertiary/aromatic N) is 3. The molecule has 168 valence electrons. The molecule has 0 fully saturated rings. The number of carbonyl (C=O) groups excluding carboxylic acids is 2. The minimum atomic E-state index is -0.401. The van der Waals surface area contributed by atoms with Gasteiger partial charge in [0.05, 0.1) is 22.3 Å². The number of rotatable bonds is 5. The van der Waals surface area contributed by atoms with E-state index in [1.165, 1.54) is 23.5 Å². The molecule has 0 aliphatic heterocycles. The van der Waals surface area contributed by atoms with Gasteiger partial charge in [0, 0.05) is 28.4 Å². The Labute approximate surface area is 196 Å². The summed E-state index contributed by atoms with van der Waals surface area (Å²) in [7, 11) is 0. The number of amides is 2. The average molecular weight is 473 g/mol. The number of halogens is 1. The van der Waals surface area contributed by atoms with Crippen LogP contribution in [-0.4, -0.2) is 26.9 Å². The topological polar surface area (TPSA) is 110 Å². The second kappa shape index (κ2) is 8.83. The largest absolute Gasteiger partial charge is 0.335 e. The molecule has 2 aromatic carbocycles. The molecule has 5 rings (SSSR count). The lowest BCUT2D eigenvalue weighted by molar-refractivity contribution is 0.102. The SMILES string of the molecule is Cc1noc2nc(-c3ccc(F)cc3)cc(C(=O)Nc3ccc(C(=O)Nc4nccs4)cc3)c12. The number of aryl methyl sites for hydroxylation is 1. The van der Waals surface area contributed by atoms with E-state index >= 15 is 0 Å². The number of carbonyl (C=O) groups is 2. The first kappa shape index (κ1) is 21.4. The monoisotopic (exact) mass is 473 g/mol. The summed E-state index contributed by atoms with van der Waals surface area (Å²) in [6.07, 6.45) is 1.60. The van der Waals surface area contributed by atoms with E-state index in [0.717, 1.165) is 0 Å². The summed E-state index contributed by atoms with van der Waals surface area (Å²) in [5.41, 5.74) is 3.04. The lowest BCUT2D eigenvalue weighted by Gasteiger charge is -2.09. The van der Waals surface area contributed by atoms with Crippen molar-refractivity contribution in [3.63, 3.8) is 0 Å². The van der Waals surface area contributed by atoms with Gasteiger partial charge in [-0.05, 0) is 61.5 Å².